The van der Waals surface area contributed by atoms with Crippen LogP contribution in [0.2, 0.25) is 0 Å². The Morgan fingerprint density at radius 2 is 2.07 bits per heavy atom. The molecule has 0 spiro atoms. The lowest BCUT2D eigenvalue weighted by molar-refractivity contribution is -0.149. The Morgan fingerprint density at radius 1 is 1.47 bits per heavy atom. The minimum absolute atomic E-state index is 0.217. The van der Waals surface area contributed by atoms with Crippen molar-refractivity contribution in [2.24, 2.45) is 5.41 Å². The van der Waals surface area contributed by atoms with Crippen molar-refractivity contribution in [1.82, 2.24) is 0 Å². The molecule has 2 N–H and O–H groups in total. The van der Waals surface area contributed by atoms with E-state index in [9.17, 15) is 9.90 Å². The molecule has 4 heteroatoms. The molecule has 0 amide bonds. The summed E-state index contributed by atoms with van der Waals surface area (Å²) in [4.78, 5) is 10.8. The van der Waals surface area contributed by atoms with Gasteiger partial charge in [-0.3, -0.25) is 4.79 Å². The van der Waals surface area contributed by atoms with Gasteiger partial charge in [0.2, 0.25) is 0 Å². The number of hydrogen-bond donors (Lipinski definition) is 2. The van der Waals surface area contributed by atoms with Crippen LogP contribution in [-0.4, -0.2) is 35.5 Å². The fourth-order valence-electron chi connectivity index (χ4n) is 1.20. The highest BCUT2D eigenvalue weighted by Gasteiger charge is 2.29. The summed E-state index contributed by atoms with van der Waals surface area (Å²) in [6, 6.07) is 0. The molecule has 0 saturated carbocycles. The van der Waals surface area contributed by atoms with Crippen LogP contribution in [0, 0.1) is 5.41 Å². The molecule has 1 atom stereocenters. The van der Waals surface area contributed by atoms with Crippen LogP contribution < -0.4 is 0 Å². The van der Waals surface area contributed by atoms with E-state index >= 15 is 0 Å². The minimum atomic E-state index is -0.895. The third kappa shape index (κ3) is 6.47. The molecule has 0 aliphatic heterocycles. The second-order valence-electron chi connectivity index (χ2n) is 4.48. The number of unbranched alkanes of at least 4 members (excludes halogenated alkanes) is 1. The van der Waals surface area contributed by atoms with E-state index in [1.165, 1.54) is 0 Å². The van der Waals surface area contributed by atoms with Crippen molar-refractivity contribution in [3.8, 4) is 0 Å². The van der Waals surface area contributed by atoms with Crippen LogP contribution in [0.4, 0.5) is 0 Å². The van der Waals surface area contributed by atoms with Gasteiger partial charge in [0.25, 0.3) is 0 Å². The van der Waals surface area contributed by atoms with Gasteiger partial charge in [0.1, 0.15) is 0 Å². The highest BCUT2D eigenvalue weighted by atomic mass is 16.5. The molecule has 4 nitrogen and oxygen atoms in total. The highest BCUT2D eigenvalue weighted by Crippen LogP contribution is 2.22. The molecule has 0 aromatic heterocycles. The molecule has 0 heterocycles. The van der Waals surface area contributed by atoms with Crippen LogP contribution >= 0.6 is 0 Å². The van der Waals surface area contributed by atoms with Crippen LogP contribution in [0.1, 0.15) is 40.0 Å². The smallest absolute Gasteiger partial charge is 0.309 e. The summed E-state index contributed by atoms with van der Waals surface area (Å²) in [5.74, 6) is -0.893. The molecular formula is C11H22O4. The van der Waals surface area contributed by atoms with Gasteiger partial charge in [-0.1, -0.05) is 13.3 Å². The van der Waals surface area contributed by atoms with E-state index in [1.807, 2.05) is 0 Å². The minimum Gasteiger partial charge on any atom is -0.481 e. The molecule has 0 aliphatic rings. The van der Waals surface area contributed by atoms with E-state index in [2.05, 4.69) is 6.92 Å². The number of aliphatic carboxylic acids is 1. The number of carboxylic acid groups (broad SMARTS) is 1. The number of carboxylic acids is 1. The maximum absolute atomic E-state index is 10.8. The number of aliphatic hydroxyl groups excluding tert-OH is 1. The van der Waals surface area contributed by atoms with Gasteiger partial charge in [0, 0.05) is 6.61 Å². The zero-order chi connectivity index (χ0) is 11.9. The average molecular weight is 218 g/mol. The molecule has 0 bridgehead atoms. The van der Waals surface area contributed by atoms with Crippen LogP contribution in [0.15, 0.2) is 0 Å². The van der Waals surface area contributed by atoms with E-state index in [-0.39, 0.29) is 13.0 Å². The first-order valence-corrected chi connectivity index (χ1v) is 5.39. The maximum Gasteiger partial charge on any atom is 0.309 e. The second kappa shape index (κ2) is 6.80. The van der Waals surface area contributed by atoms with Gasteiger partial charge in [-0.2, -0.15) is 0 Å². The molecule has 0 fully saturated rings. The molecular weight excluding hydrogens is 196 g/mol. The molecule has 0 saturated heterocycles. The van der Waals surface area contributed by atoms with E-state index in [0.717, 1.165) is 12.8 Å². The van der Waals surface area contributed by atoms with Crippen molar-refractivity contribution in [3.05, 3.63) is 0 Å². The topological polar surface area (TPSA) is 66.8 Å². The Kier molecular flexibility index (Phi) is 6.52. The first-order chi connectivity index (χ1) is 6.90. The van der Waals surface area contributed by atoms with E-state index < -0.39 is 17.5 Å². The third-order valence-corrected chi connectivity index (χ3v) is 2.28. The molecule has 0 aromatic rings. The van der Waals surface area contributed by atoms with E-state index in [4.69, 9.17) is 9.84 Å². The normalized spacial score (nSPS) is 13.9. The summed E-state index contributed by atoms with van der Waals surface area (Å²) >= 11 is 0. The fourth-order valence-corrected chi connectivity index (χ4v) is 1.20. The predicted octanol–water partition coefficient (Wildman–Crippen LogP) is 1.66. The molecule has 0 radical (unpaired) electrons. The number of hydrogen-bond acceptors (Lipinski definition) is 3. The number of rotatable bonds is 8. The van der Waals surface area contributed by atoms with Crippen molar-refractivity contribution in [2.75, 3.05) is 13.2 Å². The van der Waals surface area contributed by atoms with Crippen molar-refractivity contribution >= 4 is 5.97 Å². The quantitative estimate of drug-likeness (QED) is 0.608. The summed E-state index contributed by atoms with van der Waals surface area (Å²) in [5.41, 5.74) is -0.895. The van der Waals surface area contributed by atoms with Crippen molar-refractivity contribution < 1.29 is 19.7 Å². The predicted molar refractivity (Wildman–Crippen MR) is 57.8 cm³/mol. The van der Waals surface area contributed by atoms with Crippen LogP contribution in [0.5, 0.6) is 0 Å². The average Bonchev–Trinajstić information content (AvgIpc) is 2.11. The largest absolute Gasteiger partial charge is 0.481 e. The highest BCUT2D eigenvalue weighted by molar-refractivity contribution is 5.73. The van der Waals surface area contributed by atoms with Gasteiger partial charge in [-0.05, 0) is 26.7 Å². The number of carbonyl (C=O) groups is 1. The van der Waals surface area contributed by atoms with E-state index in [0.29, 0.717) is 6.61 Å². The van der Waals surface area contributed by atoms with Crippen molar-refractivity contribution in [1.29, 1.82) is 0 Å². The summed E-state index contributed by atoms with van der Waals surface area (Å²) in [5, 5.41) is 18.4. The van der Waals surface area contributed by atoms with Crippen molar-refractivity contribution in [3.63, 3.8) is 0 Å². The standard InChI is InChI=1S/C11H22O4/c1-4-5-6-15-8-9(12)7-11(2,3)10(13)14/h9,12H,4-8H2,1-3H3,(H,13,14). The van der Waals surface area contributed by atoms with Crippen molar-refractivity contribution in [2.45, 2.75) is 46.1 Å². The van der Waals surface area contributed by atoms with Crippen LogP contribution in [-0.2, 0) is 9.53 Å². The Labute approximate surface area is 91.3 Å². The Balaban J connectivity index is 3.73. The molecule has 15 heavy (non-hydrogen) atoms. The fraction of sp³-hybridized carbons (Fsp3) is 0.909. The second-order valence-corrected chi connectivity index (χ2v) is 4.48. The van der Waals surface area contributed by atoms with Gasteiger partial charge in [0.15, 0.2) is 0 Å². The zero-order valence-corrected chi connectivity index (χ0v) is 9.82. The third-order valence-electron chi connectivity index (χ3n) is 2.28. The van der Waals surface area contributed by atoms with Gasteiger partial charge < -0.3 is 14.9 Å². The lowest BCUT2D eigenvalue weighted by atomic mass is 9.87. The van der Waals surface area contributed by atoms with Crippen LogP contribution in [0.25, 0.3) is 0 Å². The maximum atomic E-state index is 10.8. The number of aliphatic hydroxyl groups is 1. The first-order valence-electron chi connectivity index (χ1n) is 5.39. The molecule has 0 aliphatic carbocycles. The summed E-state index contributed by atoms with van der Waals surface area (Å²) in [7, 11) is 0. The molecule has 0 rings (SSSR count). The monoisotopic (exact) mass is 218 g/mol. The number of ether oxygens (including phenoxy) is 1. The molecule has 0 aromatic carbocycles. The molecule has 1 unspecified atom stereocenters. The van der Waals surface area contributed by atoms with Gasteiger partial charge >= 0.3 is 5.97 Å². The van der Waals surface area contributed by atoms with Gasteiger partial charge in [0.05, 0.1) is 18.1 Å². The SMILES string of the molecule is CCCCOCC(O)CC(C)(C)C(=O)O. The summed E-state index contributed by atoms with van der Waals surface area (Å²) in [6.07, 6.45) is 1.54. The Bertz CT molecular complexity index is 189. The van der Waals surface area contributed by atoms with Gasteiger partial charge in [-0.25, -0.2) is 0 Å². The van der Waals surface area contributed by atoms with Crippen LogP contribution in [0.3, 0.4) is 0 Å². The lowest BCUT2D eigenvalue weighted by Gasteiger charge is -2.22. The Hall–Kier alpha value is -0.610. The first kappa shape index (κ1) is 14.4. The summed E-state index contributed by atoms with van der Waals surface area (Å²) in [6.45, 7) is 6.11. The van der Waals surface area contributed by atoms with E-state index in [1.54, 1.807) is 13.8 Å². The summed E-state index contributed by atoms with van der Waals surface area (Å²) < 4.78 is 5.22. The van der Waals surface area contributed by atoms with Gasteiger partial charge in [-0.15, -0.1) is 0 Å². The Morgan fingerprint density at radius 3 is 2.53 bits per heavy atom. The lowest BCUT2D eigenvalue weighted by Crippen LogP contribution is -2.31. The molecule has 90 valence electrons. The zero-order valence-electron chi connectivity index (χ0n) is 9.82.